The van der Waals surface area contributed by atoms with Gasteiger partial charge in [-0.25, -0.2) is 0 Å². The molecule has 31 heavy (non-hydrogen) atoms. The Labute approximate surface area is 187 Å². The van der Waals surface area contributed by atoms with Crippen LogP contribution in [0.5, 0.6) is 0 Å². The van der Waals surface area contributed by atoms with Crippen molar-refractivity contribution in [2.24, 2.45) is 0 Å². The molecule has 0 bridgehead atoms. The van der Waals surface area contributed by atoms with E-state index in [2.05, 4.69) is 15.8 Å². The number of hydrogen-bond donors (Lipinski definition) is 2. The van der Waals surface area contributed by atoms with E-state index in [4.69, 9.17) is 11.6 Å². The fourth-order valence-electron chi connectivity index (χ4n) is 3.43. The summed E-state index contributed by atoms with van der Waals surface area (Å²) < 4.78 is 0. The molecule has 0 unspecified atom stereocenters. The molecule has 1 saturated heterocycles. The summed E-state index contributed by atoms with van der Waals surface area (Å²) in [5, 5.41) is 0.689. The van der Waals surface area contributed by atoms with Gasteiger partial charge in [0.2, 0.25) is 17.7 Å². The third kappa shape index (κ3) is 7.29. The second kappa shape index (κ2) is 11.4. The summed E-state index contributed by atoms with van der Waals surface area (Å²) in [5.74, 6) is -0.698. The van der Waals surface area contributed by atoms with Crippen LogP contribution in [0.25, 0.3) is 0 Å². The minimum Gasteiger partial charge on any atom is -0.368 e. The Kier molecular flexibility index (Phi) is 8.29. The number of amides is 3. The molecule has 1 aliphatic heterocycles. The minimum atomic E-state index is -0.376. The van der Waals surface area contributed by atoms with E-state index in [0.29, 0.717) is 24.5 Å². The van der Waals surface area contributed by atoms with Crippen LogP contribution in [-0.2, 0) is 20.8 Å². The highest BCUT2D eigenvalue weighted by Crippen LogP contribution is 2.21. The predicted octanol–water partition coefficient (Wildman–Crippen LogP) is 2.55. The van der Waals surface area contributed by atoms with Gasteiger partial charge in [-0.3, -0.25) is 25.2 Å². The zero-order chi connectivity index (χ0) is 22.1. The molecule has 164 valence electrons. The Morgan fingerprint density at radius 2 is 1.48 bits per heavy atom. The van der Waals surface area contributed by atoms with Crippen molar-refractivity contribution in [1.82, 2.24) is 15.8 Å². The Balaban J connectivity index is 1.31. The second-order valence-corrected chi connectivity index (χ2v) is 7.87. The quantitative estimate of drug-likeness (QED) is 0.646. The molecule has 1 fully saturated rings. The van der Waals surface area contributed by atoms with E-state index in [1.165, 1.54) is 0 Å². The summed E-state index contributed by atoms with van der Waals surface area (Å²) in [6, 6.07) is 17.3. The average Bonchev–Trinajstić information content (AvgIpc) is 2.80. The molecule has 2 aromatic carbocycles. The molecule has 0 spiro atoms. The van der Waals surface area contributed by atoms with Crippen LogP contribution in [0.4, 0.5) is 5.69 Å². The number of aryl methyl sites for hydroxylation is 1. The lowest BCUT2D eigenvalue weighted by molar-refractivity contribution is -0.134. The summed E-state index contributed by atoms with van der Waals surface area (Å²) in [6.45, 7) is 2.64. The molecular weight excluding hydrogens is 416 g/mol. The standard InChI is InChI=1S/C23H27ClN4O3/c24-19-7-4-8-20(17-19)27-13-15-28(16-14-27)23(31)12-11-22(30)26-25-21(29)10-9-18-5-2-1-3-6-18/h1-8,17H,9-16H2,(H,25,29)(H,26,30). The van der Waals surface area contributed by atoms with Crippen molar-refractivity contribution in [2.75, 3.05) is 31.1 Å². The number of carbonyl (C=O) groups is 3. The molecule has 1 aliphatic rings. The number of benzene rings is 2. The molecule has 7 nitrogen and oxygen atoms in total. The Hall–Kier alpha value is -3.06. The second-order valence-electron chi connectivity index (χ2n) is 7.43. The normalized spacial score (nSPS) is 13.6. The van der Waals surface area contributed by atoms with Gasteiger partial charge in [-0.2, -0.15) is 0 Å². The van der Waals surface area contributed by atoms with E-state index in [9.17, 15) is 14.4 Å². The Bertz CT molecular complexity index is 899. The number of rotatable bonds is 7. The topological polar surface area (TPSA) is 81.8 Å². The molecule has 0 aliphatic carbocycles. The van der Waals surface area contributed by atoms with Crippen molar-refractivity contribution in [3.05, 3.63) is 65.2 Å². The van der Waals surface area contributed by atoms with Crippen molar-refractivity contribution in [2.45, 2.75) is 25.7 Å². The molecule has 0 saturated carbocycles. The van der Waals surface area contributed by atoms with E-state index in [-0.39, 0.29) is 37.0 Å². The van der Waals surface area contributed by atoms with Gasteiger partial charge in [0, 0.05) is 56.2 Å². The first-order valence-corrected chi connectivity index (χ1v) is 10.8. The first-order valence-electron chi connectivity index (χ1n) is 10.4. The molecule has 3 amide bonds. The Morgan fingerprint density at radius 3 is 2.16 bits per heavy atom. The summed E-state index contributed by atoms with van der Waals surface area (Å²) >= 11 is 6.05. The van der Waals surface area contributed by atoms with E-state index in [1.54, 1.807) is 4.90 Å². The van der Waals surface area contributed by atoms with Gasteiger partial charge >= 0.3 is 0 Å². The first kappa shape index (κ1) is 22.6. The maximum atomic E-state index is 12.4. The number of piperazine rings is 1. The lowest BCUT2D eigenvalue weighted by Gasteiger charge is -2.36. The fraction of sp³-hybridized carbons (Fsp3) is 0.348. The van der Waals surface area contributed by atoms with Crippen LogP contribution >= 0.6 is 11.6 Å². The van der Waals surface area contributed by atoms with Crippen molar-refractivity contribution in [3.8, 4) is 0 Å². The highest BCUT2D eigenvalue weighted by molar-refractivity contribution is 6.30. The molecule has 0 atom stereocenters. The van der Waals surface area contributed by atoms with Crippen LogP contribution in [0.15, 0.2) is 54.6 Å². The lowest BCUT2D eigenvalue weighted by Crippen LogP contribution is -2.49. The maximum absolute atomic E-state index is 12.4. The van der Waals surface area contributed by atoms with Crippen LogP contribution in [-0.4, -0.2) is 48.8 Å². The van der Waals surface area contributed by atoms with Crippen LogP contribution in [0, 0.1) is 0 Å². The smallest absolute Gasteiger partial charge is 0.238 e. The SMILES string of the molecule is O=C(CCC(=O)N1CCN(c2cccc(Cl)c2)CC1)NNC(=O)CCc1ccccc1. The number of halogens is 1. The van der Waals surface area contributed by atoms with Crippen molar-refractivity contribution in [3.63, 3.8) is 0 Å². The summed E-state index contributed by atoms with van der Waals surface area (Å²) in [7, 11) is 0. The van der Waals surface area contributed by atoms with Crippen LogP contribution < -0.4 is 15.8 Å². The van der Waals surface area contributed by atoms with Gasteiger partial charge < -0.3 is 9.80 Å². The summed E-state index contributed by atoms with van der Waals surface area (Å²) in [4.78, 5) is 40.2. The fourth-order valence-corrected chi connectivity index (χ4v) is 3.62. The number of hydrazine groups is 1. The molecular formula is C23H27ClN4O3. The number of hydrogen-bond acceptors (Lipinski definition) is 4. The Morgan fingerprint density at radius 1 is 0.806 bits per heavy atom. The average molecular weight is 443 g/mol. The van der Waals surface area contributed by atoms with Gasteiger partial charge in [-0.1, -0.05) is 48.0 Å². The molecule has 1 heterocycles. The molecule has 0 aromatic heterocycles. The van der Waals surface area contributed by atoms with Crippen molar-refractivity contribution in [1.29, 1.82) is 0 Å². The van der Waals surface area contributed by atoms with Crippen molar-refractivity contribution < 1.29 is 14.4 Å². The highest BCUT2D eigenvalue weighted by atomic mass is 35.5. The number of anilines is 1. The predicted molar refractivity (Wildman–Crippen MR) is 121 cm³/mol. The number of nitrogens with one attached hydrogen (secondary N) is 2. The van der Waals surface area contributed by atoms with Gasteiger partial charge in [0.15, 0.2) is 0 Å². The monoisotopic (exact) mass is 442 g/mol. The third-order valence-corrected chi connectivity index (χ3v) is 5.43. The van der Waals surface area contributed by atoms with Crippen LogP contribution in [0.2, 0.25) is 5.02 Å². The van der Waals surface area contributed by atoms with E-state index < -0.39 is 0 Å². The minimum absolute atomic E-state index is 0.0340. The van der Waals surface area contributed by atoms with Gasteiger partial charge in [-0.15, -0.1) is 0 Å². The molecule has 2 aromatic rings. The molecule has 2 N–H and O–H groups in total. The zero-order valence-corrected chi connectivity index (χ0v) is 18.1. The number of nitrogens with zero attached hydrogens (tertiary/aromatic N) is 2. The van der Waals surface area contributed by atoms with Gasteiger partial charge in [0.1, 0.15) is 0 Å². The lowest BCUT2D eigenvalue weighted by atomic mass is 10.1. The van der Waals surface area contributed by atoms with Gasteiger partial charge in [0.25, 0.3) is 0 Å². The van der Waals surface area contributed by atoms with Crippen molar-refractivity contribution >= 4 is 35.0 Å². The van der Waals surface area contributed by atoms with E-state index in [1.807, 2.05) is 54.6 Å². The first-order chi connectivity index (χ1) is 15.0. The zero-order valence-electron chi connectivity index (χ0n) is 17.4. The summed E-state index contributed by atoms with van der Waals surface area (Å²) in [5.41, 5.74) is 6.89. The third-order valence-electron chi connectivity index (χ3n) is 5.20. The number of carbonyl (C=O) groups excluding carboxylic acids is 3. The largest absolute Gasteiger partial charge is 0.368 e. The molecule has 8 heteroatoms. The van der Waals surface area contributed by atoms with Crippen LogP contribution in [0.3, 0.4) is 0 Å². The van der Waals surface area contributed by atoms with Gasteiger partial charge in [-0.05, 0) is 30.2 Å². The highest BCUT2D eigenvalue weighted by Gasteiger charge is 2.21. The van der Waals surface area contributed by atoms with E-state index >= 15 is 0 Å². The van der Waals surface area contributed by atoms with E-state index in [0.717, 1.165) is 24.3 Å². The van der Waals surface area contributed by atoms with Crippen LogP contribution in [0.1, 0.15) is 24.8 Å². The summed E-state index contributed by atoms with van der Waals surface area (Å²) in [6.07, 6.45) is 1.03. The molecule has 3 rings (SSSR count). The maximum Gasteiger partial charge on any atom is 0.238 e. The van der Waals surface area contributed by atoms with Gasteiger partial charge in [0.05, 0.1) is 0 Å². The molecule has 0 radical (unpaired) electrons.